The standard InChI is InChI=1S/C11H16N2O4/c1-6(2)9(11(15)16-4)13-10(14)8-5-12-17-7(8)3/h5-6,9H,1-4H3,(H,13,14). The van der Waals surface area contributed by atoms with Crippen LogP contribution in [0.5, 0.6) is 0 Å². The largest absolute Gasteiger partial charge is 0.467 e. The lowest BCUT2D eigenvalue weighted by Gasteiger charge is -2.19. The zero-order chi connectivity index (χ0) is 13.0. The number of carbonyl (C=O) groups is 2. The van der Waals surface area contributed by atoms with Crippen LogP contribution in [0.15, 0.2) is 10.7 Å². The van der Waals surface area contributed by atoms with E-state index >= 15 is 0 Å². The molecule has 17 heavy (non-hydrogen) atoms. The smallest absolute Gasteiger partial charge is 0.328 e. The van der Waals surface area contributed by atoms with E-state index < -0.39 is 17.9 Å². The van der Waals surface area contributed by atoms with E-state index in [2.05, 4.69) is 15.2 Å². The number of hydrogen-bond donors (Lipinski definition) is 1. The number of amides is 1. The molecule has 0 saturated carbocycles. The number of nitrogens with one attached hydrogen (secondary N) is 1. The minimum absolute atomic E-state index is 0.0634. The molecule has 94 valence electrons. The van der Waals surface area contributed by atoms with Crippen molar-refractivity contribution in [2.45, 2.75) is 26.8 Å². The van der Waals surface area contributed by atoms with E-state index in [0.29, 0.717) is 11.3 Å². The van der Waals surface area contributed by atoms with E-state index in [1.807, 2.05) is 13.8 Å². The van der Waals surface area contributed by atoms with E-state index in [1.54, 1.807) is 6.92 Å². The van der Waals surface area contributed by atoms with Crippen LogP contribution in [0.25, 0.3) is 0 Å². The first kappa shape index (κ1) is 13.2. The normalized spacial score (nSPS) is 12.3. The van der Waals surface area contributed by atoms with Gasteiger partial charge in [0.15, 0.2) is 0 Å². The Hall–Kier alpha value is -1.85. The number of ether oxygens (including phenoxy) is 1. The van der Waals surface area contributed by atoms with Gasteiger partial charge in [0.25, 0.3) is 5.91 Å². The first-order valence-electron chi connectivity index (χ1n) is 5.27. The number of aryl methyl sites for hydroxylation is 1. The van der Waals surface area contributed by atoms with Gasteiger partial charge in [0.2, 0.25) is 0 Å². The number of esters is 1. The van der Waals surface area contributed by atoms with Gasteiger partial charge in [0.1, 0.15) is 17.4 Å². The third-order valence-electron chi connectivity index (χ3n) is 2.40. The van der Waals surface area contributed by atoms with Crippen molar-refractivity contribution in [1.29, 1.82) is 0 Å². The highest BCUT2D eigenvalue weighted by Crippen LogP contribution is 2.09. The van der Waals surface area contributed by atoms with E-state index in [-0.39, 0.29) is 5.92 Å². The molecule has 0 bridgehead atoms. The molecule has 0 aromatic carbocycles. The summed E-state index contributed by atoms with van der Waals surface area (Å²) < 4.78 is 9.42. The molecule has 1 unspecified atom stereocenters. The molecule has 1 heterocycles. The van der Waals surface area contributed by atoms with Gasteiger partial charge in [-0.2, -0.15) is 0 Å². The van der Waals surface area contributed by atoms with Crippen LogP contribution in [0, 0.1) is 12.8 Å². The highest BCUT2D eigenvalue weighted by atomic mass is 16.5. The van der Waals surface area contributed by atoms with Crippen molar-refractivity contribution in [2.75, 3.05) is 7.11 Å². The Balaban J connectivity index is 2.78. The van der Waals surface area contributed by atoms with Crippen molar-refractivity contribution < 1.29 is 18.8 Å². The Morgan fingerprint density at radius 1 is 1.47 bits per heavy atom. The molecular formula is C11H16N2O4. The van der Waals surface area contributed by atoms with Crippen LogP contribution in [0.4, 0.5) is 0 Å². The van der Waals surface area contributed by atoms with Gasteiger partial charge in [-0.05, 0) is 12.8 Å². The lowest BCUT2D eigenvalue weighted by molar-refractivity contribution is -0.144. The molecule has 1 N–H and O–H groups in total. The summed E-state index contributed by atoms with van der Waals surface area (Å²) in [5, 5.41) is 6.10. The molecule has 0 aliphatic carbocycles. The van der Waals surface area contributed by atoms with Crippen LogP contribution >= 0.6 is 0 Å². The third kappa shape index (κ3) is 3.05. The first-order chi connectivity index (χ1) is 7.97. The number of hydrogen-bond acceptors (Lipinski definition) is 5. The fourth-order valence-electron chi connectivity index (χ4n) is 1.36. The van der Waals surface area contributed by atoms with Crippen LogP contribution < -0.4 is 5.32 Å². The lowest BCUT2D eigenvalue weighted by Crippen LogP contribution is -2.45. The molecule has 0 fully saturated rings. The Morgan fingerprint density at radius 2 is 2.12 bits per heavy atom. The second-order valence-corrected chi connectivity index (χ2v) is 4.01. The van der Waals surface area contributed by atoms with Crippen molar-refractivity contribution >= 4 is 11.9 Å². The van der Waals surface area contributed by atoms with E-state index in [4.69, 9.17) is 4.52 Å². The summed E-state index contributed by atoms with van der Waals surface area (Å²) in [7, 11) is 1.29. The molecule has 0 radical (unpaired) electrons. The molecule has 0 aliphatic heterocycles. The molecule has 1 rings (SSSR count). The van der Waals surface area contributed by atoms with Gasteiger partial charge in [0, 0.05) is 0 Å². The third-order valence-corrected chi connectivity index (χ3v) is 2.40. The summed E-state index contributed by atoms with van der Waals surface area (Å²) in [5.41, 5.74) is 0.319. The summed E-state index contributed by atoms with van der Waals surface area (Å²) in [6, 6.07) is -0.679. The zero-order valence-electron chi connectivity index (χ0n) is 10.3. The summed E-state index contributed by atoms with van der Waals surface area (Å²) in [4.78, 5) is 23.3. The fourth-order valence-corrected chi connectivity index (χ4v) is 1.36. The van der Waals surface area contributed by atoms with Gasteiger partial charge in [-0.15, -0.1) is 0 Å². The van der Waals surface area contributed by atoms with Crippen molar-refractivity contribution in [2.24, 2.45) is 5.92 Å². The van der Waals surface area contributed by atoms with E-state index in [9.17, 15) is 9.59 Å². The summed E-state index contributed by atoms with van der Waals surface area (Å²) in [5.74, 6) is -0.517. The topological polar surface area (TPSA) is 81.4 Å². The number of aromatic nitrogens is 1. The molecular weight excluding hydrogens is 224 g/mol. The number of methoxy groups -OCH3 is 1. The molecule has 1 aromatic heterocycles. The Labute approximate surface area is 99.3 Å². The highest BCUT2D eigenvalue weighted by Gasteiger charge is 2.26. The Bertz CT molecular complexity index is 411. The highest BCUT2D eigenvalue weighted by molar-refractivity contribution is 5.97. The predicted octanol–water partition coefficient (Wildman–Crippen LogP) is 0.910. The van der Waals surface area contributed by atoms with Gasteiger partial charge in [-0.1, -0.05) is 19.0 Å². The molecule has 0 saturated heterocycles. The van der Waals surface area contributed by atoms with Gasteiger partial charge >= 0.3 is 5.97 Å². The maximum atomic E-state index is 11.8. The quantitative estimate of drug-likeness (QED) is 0.791. The number of nitrogens with zero attached hydrogens (tertiary/aromatic N) is 1. The van der Waals surface area contributed by atoms with Crippen LogP contribution in [0.3, 0.4) is 0 Å². The average Bonchev–Trinajstić information content (AvgIpc) is 2.70. The molecule has 0 aliphatic rings. The Kier molecular flexibility index (Phi) is 4.25. The summed E-state index contributed by atoms with van der Waals surface area (Å²) in [6.45, 7) is 5.27. The summed E-state index contributed by atoms with van der Waals surface area (Å²) >= 11 is 0. The van der Waals surface area contributed by atoms with E-state index in [0.717, 1.165) is 0 Å². The molecule has 1 aromatic rings. The minimum atomic E-state index is -0.679. The van der Waals surface area contributed by atoms with E-state index in [1.165, 1.54) is 13.3 Å². The van der Waals surface area contributed by atoms with Gasteiger partial charge < -0.3 is 14.6 Å². The zero-order valence-corrected chi connectivity index (χ0v) is 10.3. The van der Waals surface area contributed by atoms with Crippen molar-refractivity contribution in [3.05, 3.63) is 17.5 Å². The van der Waals surface area contributed by atoms with Crippen LogP contribution in [-0.4, -0.2) is 30.2 Å². The van der Waals surface area contributed by atoms with Gasteiger partial charge in [-0.25, -0.2) is 4.79 Å². The molecule has 0 spiro atoms. The minimum Gasteiger partial charge on any atom is -0.467 e. The van der Waals surface area contributed by atoms with Crippen molar-refractivity contribution in [3.8, 4) is 0 Å². The maximum Gasteiger partial charge on any atom is 0.328 e. The van der Waals surface area contributed by atoms with Gasteiger partial charge in [0.05, 0.1) is 13.3 Å². The summed E-state index contributed by atoms with van der Waals surface area (Å²) in [6.07, 6.45) is 1.32. The van der Waals surface area contributed by atoms with Crippen LogP contribution in [0.2, 0.25) is 0 Å². The lowest BCUT2D eigenvalue weighted by atomic mass is 10.0. The molecule has 6 heteroatoms. The first-order valence-corrected chi connectivity index (χ1v) is 5.27. The number of rotatable bonds is 4. The Morgan fingerprint density at radius 3 is 2.53 bits per heavy atom. The fraction of sp³-hybridized carbons (Fsp3) is 0.545. The van der Waals surface area contributed by atoms with Gasteiger partial charge in [-0.3, -0.25) is 4.79 Å². The predicted molar refractivity (Wildman–Crippen MR) is 59.3 cm³/mol. The SMILES string of the molecule is COC(=O)C(NC(=O)c1cnoc1C)C(C)C. The molecule has 1 amide bonds. The number of carbonyl (C=O) groups excluding carboxylic acids is 2. The maximum absolute atomic E-state index is 11.8. The second-order valence-electron chi connectivity index (χ2n) is 4.01. The molecule has 6 nitrogen and oxygen atoms in total. The molecule has 1 atom stereocenters. The van der Waals surface area contributed by atoms with Crippen molar-refractivity contribution in [1.82, 2.24) is 10.5 Å². The average molecular weight is 240 g/mol. The monoisotopic (exact) mass is 240 g/mol. The second kappa shape index (κ2) is 5.47. The van der Waals surface area contributed by atoms with Crippen molar-refractivity contribution in [3.63, 3.8) is 0 Å². The van der Waals surface area contributed by atoms with Crippen LogP contribution in [-0.2, 0) is 9.53 Å². The van der Waals surface area contributed by atoms with Crippen LogP contribution in [0.1, 0.15) is 30.0 Å².